The van der Waals surface area contributed by atoms with Crippen LogP contribution < -0.4 is 5.32 Å². The van der Waals surface area contributed by atoms with E-state index in [9.17, 15) is 19.5 Å². The molecule has 0 saturated heterocycles. The van der Waals surface area contributed by atoms with Gasteiger partial charge in [-0.1, -0.05) is 60.7 Å². The van der Waals surface area contributed by atoms with Crippen molar-refractivity contribution in [2.45, 2.75) is 12.8 Å². The first-order valence-electron chi connectivity index (χ1n) is 9.68. The molecule has 31 heavy (non-hydrogen) atoms. The van der Waals surface area contributed by atoms with Crippen LogP contribution in [0.1, 0.15) is 28.8 Å². The number of benzene rings is 3. The van der Waals surface area contributed by atoms with E-state index in [0.29, 0.717) is 16.8 Å². The number of nitriles is 1. The van der Waals surface area contributed by atoms with Gasteiger partial charge in [-0.25, -0.2) is 0 Å². The number of carbonyl (C=O) groups excluding carboxylic acids is 2. The lowest BCUT2D eigenvalue weighted by atomic mass is 9.94. The van der Waals surface area contributed by atoms with Gasteiger partial charge >= 0.3 is 5.97 Å². The van der Waals surface area contributed by atoms with Gasteiger partial charge < -0.3 is 10.4 Å². The number of carboxylic acid groups (broad SMARTS) is 1. The first-order valence-corrected chi connectivity index (χ1v) is 9.68. The van der Waals surface area contributed by atoms with Crippen molar-refractivity contribution in [2.75, 3.05) is 5.32 Å². The number of nitrogens with zero attached hydrogens (tertiary/aromatic N) is 1. The number of ketones is 1. The van der Waals surface area contributed by atoms with Gasteiger partial charge in [-0.05, 0) is 29.3 Å². The third-order valence-corrected chi connectivity index (χ3v) is 4.80. The first kappa shape index (κ1) is 21.5. The quantitative estimate of drug-likeness (QED) is 0.529. The zero-order valence-electron chi connectivity index (χ0n) is 16.6. The number of carboxylic acids is 1. The third kappa shape index (κ3) is 5.87. The SMILES string of the molecule is N#Cc1cccc(NC(=O)CC(CC(=O)c2ccc(-c3ccccc3)cc2)C(=O)O)c1. The Bertz CT molecular complexity index is 1130. The number of Topliss-reactive ketones (excluding diaryl/α,β-unsaturated/α-hetero) is 1. The number of carbonyl (C=O) groups is 3. The summed E-state index contributed by atoms with van der Waals surface area (Å²) in [5.41, 5.74) is 3.14. The summed E-state index contributed by atoms with van der Waals surface area (Å²) in [6.07, 6.45) is -0.633. The van der Waals surface area contributed by atoms with Gasteiger partial charge in [-0.2, -0.15) is 5.26 Å². The number of aliphatic carboxylic acids is 1. The molecule has 1 atom stereocenters. The average Bonchev–Trinajstić information content (AvgIpc) is 2.79. The Morgan fingerprint density at radius 2 is 1.55 bits per heavy atom. The molecule has 2 N–H and O–H groups in total. The highest BCUT2D eigenvalue weighted by atomic mass is 16.4. The Morgan fingerprint density at radius 1 is 0.871 bits per heavy atom. The first-order chi connectivity index (χ1) is 15.0. The Balaban J connectivity index is 1.64. The maximum Gasteiger partial charge on any atom is 0.307 e. The van der Waals surface area contributed by atoms with Crippen LogP contribution in [0.5, 0.6) is 0 Å². The second kappa shape index (κ2) is 9.99. The number of hydrogen-bond acceptors (Lipinski definition) is 4. The minimum absolute atomic E-state index is 0.286. The molecule has 6 heteroatoms. The Kier molecular flexibility index (Phi) is 6.92. The van der Waals surface area contributed by atoms with Gasteiger partial charge in [0.25, 0.3) is 0 Å². The van der Waals surface area contributed by atoms with Gasteiger partial charge in [0.05, 0.1) is 17.6 Å². The highest BCUT2D eigenvalue weighted by Crippen LogP contribution is 2.21. The van der Waals surface area contributed by atoms with Gasteiger partial charge in [0.1, 0.15) is 0 Å². The van der Waals surface area contributed by atoms with E-state index < -0.39 is 17.8 Å². The molecule has 0 heterocycles. The molecule has 0 radical (unpaired) electrons. The van der Waals surface area contributed by atoms with Crippen molar-refractivity contribution in [3.8, 4) is 17.2 Å². The summed E-state index contributed by atoms with van der Waals surface area (Å²) in [4.78, 5) is 36.5. The van der Waals surface area contributed by atoms with Crippen LogP contribution in [0.15, 0.2) is 78.9 Å². The van der Waals surface area contributed by atoms with E-state index in [0.717, 1.165) is 11.1 Å². The monoisotopic (exact) mass is 412 g/mol. The zero-order chi connectivity index (χ0) is 22.2. The van der Waals surface area contributed by atoms with Crippen molar-refractivity contribution in [1.82, 2.24) is 0 Å². The summed E-state index contributed by atoms with van der Waals surface area (Å²) >= 11 is 0. The Hall–Kier alpha value is -4.24. The van der Waals surface area contributed by atoms with Crippen molar-refractivity contribution in [3.05, 3.63) is 90.0 Å². The summed E-state index contributed by atoms with van der Waals surface area (Å²) in [6, 6.07) is 24.9. The molecule has 3 aromatic rings. The number of hydrogen-bond donors (Lipinski definition) is 2. The second-order valence-corrected chi connectivity index (χ2v) is 7.05. The van der Waals surface area contributed by atoms with Crippen molar-refractivity contribution >= 4 is 23.3 Å². The third-order valence-electron chi connectivity index (χ3n) is 4.80. The maximum absolute atomic E-state index is 12.6. The van der Waals surface area contributed by atoms with Gasteiger partial charge in [0.15, 0.2) is 5.78 Å². The van der Waals surface area contributed by atoms with Gasteiger partial charge in [0.2, 0.25) is 5.91 Å². The summed E-state index contributed by atoms with van der Waals surface area (Å²) < 4.78 is 0. The van der Waals surface area contributed by atoms with E-state index in [1.807, 2.05) is 48.5 Å². The lowest BCUT2D eigenvalue weighted by Crippen LogP contribution is -2.24. The smallest absolute Gasteiger partial charge is 0.307 e. The maximum atomic E-state index is 12.6. The fourth-order valence-electron chi connectivity index (χ4n) is 3.17. The molecule has 0 bridgehead atoms. The van der Waals surface area contributed by atoms with Crippen molar-refractivity contribution < 1.29 is 19.5 Å². The van der Waals surface area contributed by atoms with E-state index in [4.69, 9.17) is 5.26 Å². The molecule has 0 fully saturated rings. The number of rotatable bonds is 8. The summed E-state index contributed by atoms with van der Waals surface area (Å²) in [5, 5.41) is 21.0. The number of nitrogens with one attached hydrogen (secondary N) is 1. The van der Waals surface area contributed by atoms with Gasteiger partial charge in [-0.3, -0.25) is 14.4 Å². The molecule has 6 nitrogen and oxygen atoms in total. The molecule has 1 amide bonds. The topological polar surface area (TPSA) is 107 Å². The van der Waals surface area contributed by atoms with Gasteiger partial charge in [0, 0.05) is 24.1 Å². The molecule has 0 spiro atoms. The number of amides is 1. The molecule has 0 aliphatic carbocycles. The molecule has 154 valence electrons. The molecule has 1 unspecified atom stereocenters. The highest BCUT2D eigenvalue weighted by molar-refractivity contribution is 6.00. The van der Waals surface area contributed by atoms with Crippen LogP contribution in [0.4, 0.5) is 5.69 Å². The van der Waals surface area contributed by atoms with Crippen LogP contribution in [0, 0.1) is 17.2 Å². The van der Waals surface area contributed by atoms with Crippen LogP contribution >= 0.6 is 0 Å². The minimum Gasteiger partial charge on any atom is -0.481 e. The minimum atomic E-state index is -1.21. The van der Waals surface area contributed by atoms with Crippen molar-refractivity contribution in [3.63, 3.8) is 0 Å². The second-order valence-electron chi connectivity index (χ2n) is 7.05. The van der Waals surface area contributed by atoms with E-state index in [2.05, 4.69) is 5.32 Å². The van der Waals surface area contributed by atoms with Crippen LogP contribution in [-0.4, -0.2) is 22.8 Å². The molecule has 0 aliphatic heterocycles. The largest absolute Gasteiger partial charge is 0.481 e. The molecule has 3 rings (SSSR count). The predicted molar refractivity (Wildman–Crippen MR) is 116 cm³/mol. The van der Waals surface area contributed by atoms with Gasteiger partial charge in [-0.15, -0.1) is 0 Å². The Morgan fingerprint density at radius 3 is 2.19 bits per heavy atom. The summed E-state index contributed by atoms with van der Waals surface area (Å²) in [5.74, 6) is -3.24. The lowest BCUT2D eigenvalue weighted by Gasteiger charge is -2.12. The molecular weight excluding hydrogens is 392 g/mol. The molecule has 0 saturated carbocycles. The normalized spacial score (nSPS) is 11.2. The number of anilines is 1. The van der Waals surface area contributed by atoms with Crippen molar-refractivity contribution in [2.24, 2.45) is 5.92 Å². The van der Waals surface area contributed by atoms with Crippen LogP contribution in [-0.2, 0) is 9.59 Å². The molecule has 0 aromatic heterocycles. The standard InChI is InChI=1S/C25H20N2O4/c26-16-17-5-4-8-22(13-17)27-24(29)15-21(25(30)31)14-23(28)20-11-9-19(10-12-20)18-6-2-1-3-7-18/h1-13,21H,14-15H2,(H,27,29)(H,30,31). The lowest BCUT2D eigenvalue weighted by molar-refractivity contribution is -0.143. The summed E-state index contributed by atoms with van der Waals surface area (Å²) in [7, 11) is 0. The molecular formula is C25H20N2O4. The molecule has 3 aromatic carbocycles. The van der Waals surface area contributed by atoms with Crippen LogP contribution in [0.3, 0.4) is 0 Å². The van der Waals surface area contributed by atoms with E-state index in [1.165, 1.54) is 6.07 Å². The zero-order valence-corrected chi connectivity index (χ0v) is 16.6. The van der Waals surface area contributed by atoms with E-state index in [-0.39, 0.29) is 18.6 Å². The predicted octanol–water partition coefficient (Wildman–Crippen LogP) is 4.53. The van der Waals surface area contributed by atoms with Crippen LogP contribution in [0.25, 0.3) is 11.1 Å². The molecule has 0 aliphatic rings. The average molecular weight is 412 g/mol. The van der Waals surface area contributed by atoms with Crippen molar-refractivity contribution in [1.29, 1.82) is 5.26 Å². The fourth-order valence-corrected chi connectivity index (χ4v) is 3.17. The Labute approximate surface area is 179 Å². The fraction of sp³-hybridized carbons (Fsp3) is 0.120. The highest BCUT2D eigenvalue weighted by Gasteiger charge is 2.25. The van der Waals surface area contributed by atoms with Crippen LogP contribution in [0.2, 0.25) is 0 Å². The van der Waals surface area contributed by atoms with E-state index in [1.54, 1.807) is 30.3 Å². The van der Waals surface area contributed by atoms with E-state index >= 15 is 0 Å². The summed E-state index contributed by atoms with van der Waals surface area (Å²) in [6.45, 7) is 0.